The van der Waals surface area contributed by atoms with Crippen LogP contribution in [0.2, 0.25) is 0 Å². The van der Waals surface area contributed by atoms with E-state index in [1.807, 2.05) is 0 Å². The summed E-state index contributed by atoms with van der Waals surface area (Å²) in [6, 6.07) is 4.83. The molecule has 5 heteroatoms. The summed E-state index contributed by atoms with van der Waals surface area (Å²) in [7, 11) is 0. The van der Waals surface area contributed by atoms with E-state index in [-0.39, 0.29) is 23.9 Å². The largest absolute Gasteiger partial charge is 0.343 e. The van der Waals surface area contributed by atoms with Crippen LogP contribution in [-0.2, 0) is 4.79 Å². The Balaban J connectivity index is 2.81. The molecule has 0 radical (unpaired) electrons. The highest BCUT2D eigenvalue weighted by atomic mass is 19.1. The van der Waals surface area contributed by atoms with Crippen molar-refractivity contribution in [1.29, 1.82) is 0 Å². The van der Waals surface area contributed by atoms with Crippen molar-refractivity contribution in [2.45, 2.75) is 19.9 Å². The summed E-state index contributed by atoms with van der Waals surface area (Å²) < 4.78 is 13.5. The van der Waals surface area contributed by atoms with Crippen molar-refractivity contribution in [2.75, 3.05) is 6.54 Å². The normalized spacial score (nSPS) is 11.6. The highest BCUT2D eigenvalue weighted by molar-refractivity contribution is 5.97. The van der Waals surface area contributed by atoms with Crippen LogP contribution in [0, 0.1) is 24.1 Å². The number of terminal acetylenes is 1. The number of carbonyl (C=O) groups excluding carboxylic acids is 2. The van der Waals surface area contributed by atoms with Gasteiger partial charge in [-0.05, 0) is 18.1 Å². The number of carbonyl (C=O) groups is 2. The van der Waals surface area contributed by atoms with Gasteiger partial charge >= 0.3 is 0 Å². The average molecular weight is 276 g/mol. The van der Waals surface area contributed by atoms with Crippen LogP contribution >= 0.6 is 0 Å². The summed E-state index contributed by atoms with van der Waals surface area (Å²) in [5.41, 5.74) is -0.0945. The maximum atomic E-state index is 13.5. The van der Waals surface area contributed by atoms with E-state index < -0.39 is 17.8 Å². The fourth-order valence-electron chi connectivity index (χ4n) is 1.65. The topological polar surface area (TPSA) is 58.2 Å². The summed E-state index contributed by atoms with van der Waals surface area (Å²) in [4.78, 5) is 23.9. The number of hydrogen-bond acceptors (Lipinski definition) is 2. The van der Waals surface area contributed by atoms with Crippen molar-refractivity contribution < 1.29 is 14.0 Å². The lowest BCUT2D eigenvalue weighted by Crippen LogP contribution is -2.49. The Kier molecular flexibility index (Phi) is 5.73. The van der Waals surface area contributed by atoms with Gasteiger partial charge in [-0.15, -0.1) is 6.42 Å². The summed E-state index contributed by atoms with van der Waals surface area (Å²) >= 11 is 0. The number of halogens is 1. The van der Waals surface area contributed by atoms with Gasteiger partial charge < -0.3 is 10.6 Å². The summed E-state index contributed by atoms with van der Waals surface area (Å²) in [5.74, 6) is 0.491. The van der Waals surface area contributed by atoms with E-state index in [0.717, 1.165) is 0 Å². The fourth-order valence-corrected chi connectivity index (χ4v) is 1.65. The minimum absolute atomic E-state index is 0.0810. The van der Waals surface area contributed by atoms with Crippen molar-refractivity contribution in [3.63, 3.8) is 0 Å². The highest BCUT2D eigenvalue weighted by Gasteiger charge is 2.25. The van der Waals surface area contributed by atoms with E-state index in [0.29, 0.717) is 0 Å². The molecule has 4 nitrogen and oxygen atoms in total. The SMILES string of the molecule is C#CCNC(=O)[C@H](NC(=O)c1ccccc1F)C(C)C. The maximum Gasteiger partial charge on any atom is 0.254 e. The second-order valence-electron chi connectivity index (χ2n) is 4.60. The number of nitrogens with one attached hydrogen (secondary N) is 2. The van der Waals surface area contributed by atoms with Crippen LogP contribution in [0.5, 0.6) is 0 Å². The molecule has 2 amide bonds. The zero-order chi connectivity index (χ0) is 15.1. The third-order valence-corrected chi connectivity index (χ3v) is 2.72. The summed E-state index contributed by atoms with van der Waals surface area (Å²) in [6.07, 6.45) is 5.06. The Labute approximate surface area is 117 Å². The van der Waals surface area contributed by atoms with Gasteiger partial charge in [-0.2, -0.15) is 0 Å². The lowest BCUT2D eigenvalue weighted by atomic mass is 10.0. The van der Waals surface area contributed by atoms with Gasteiger partial charge in [-0.1, -0.05) is 31.9 Å². The first-order valence-corrected chi connectivity index (χ1v) is 6.24. The molecule has 1 aromatic carbocycles. The molecular formula is C15H17FN2O2. The molecule has 0 bridgehead atoms. The first-order valence-electron chi connectivity index (χ1n) is 6.24. The van der Waals surface area contributed by atoms with Crippen molar-refractivity contribution >= 4 is 11.8 Å². The van der Waals surface area contributed by atoms with Crippen LogP contribution in [0.25, 0.3) is 0 Å². The van der Waals surface area contributed by atoms with Crippen LogP contribution in [-0.4, -0.2) is 24.4 Å². The van der Waals surface area contributed by atoms with Gasteiger partial charge in [-0.25, -0.2) is 4.39 Å². The van der Waals surface area contributed by atoms with E-state index in [9.17, 15) is 14.0 Å². The smallest absolute Gasteiger partial charge is 0.254 e. The Morgan fingerprint density at radius 3 is 2.55 bits per heavy atom. The quantitative estimate of drug-likeness (QED) is 0.797. The molecule has 0 spiro atoms. The first kappa shape index (κ1) is 15.7. The lowest BCUT2D eigenvalue weighted by Gasteiger charge is -2.21. The molecule has 0 saturated heterocycles. The average Bonchev–Trinajstić information content (AvgIpc) is 2.42. The third kappa shape index (κ3) is 4.09. The number of benzene rings is 1. The van der Waals surface area contributed by atoms with Crippen LogP contribution in [0.4, 0.5) is 4.39 Å². The molecule has 0 aliphatic carbocycles. The molecule has 1 aromatic rings. The molecule has 2 N–H and O–H groups in total. The lowest BCUT2D eigenvalue weighted by molar-refractivity contribution is -0.123. The highest BCUT2D eigenvalue weighted by Crippen LogP contribution is 2.08. The molecule has 1 rings (SSSR count). The van der Waals surface area contributed by atoms with Crippen LogP contribution in [0.3, 0.4) is 0 Å². The Morgan fingerprint density at radius 1 is 1.35 bits per heavy atom. The van der Waals surface area contributed by atoms with Crippen LogP contribution in [0.1, 0.15) is 24.2 Å². The molecular weight excluding hydrogens is 259 g/mol. The van der Waals surface area contributed by atoms with Gasteiger partial charge in [0.15, 0.2) is 0 Å². The van der Waals surface area contributed by atoms with Crippen molar-refractivity contribution in [2.24, 2.45) is 5.92 Å². The number of amides is 2. The van der Waals surface area contributed by atoms with Gasteiger partial charge in [0.25, 0.3) is 5.91 Å². The number of rotatable bonds is 5. The van der Waals surface area contributed by atoms with Gasteiger partial charge in [0.2, 0.25) is 5.91 Å². The Morgan fingerprint density at radius 2 is 2.00 bits per heavy atom. The van der Waals surface area contributed by atoms with E-state index in [2.05, 4.69) is 16.6 Å². The molecule has 106 valence electrons. The molecule has 0 saturated carbocycles. The zero-order valence-corrected chi connectivity index (χ0v) is 11.4. The van der Waals surface area contributed by atoms with Crippen molar-refractivity contribution in [3.8, 4) is 12.3 Å². The monoisotopic (exact) mass is 276 g/mol. The van der Waals surface area contributed by atoms with Gasteiger partial charge in [0, 0.05) is 0 Å². The summed E-state index contributed by atoms with van der Waals surface area (Å²) in [6.45, 7) is 3.64. The second-order valence-corrected chi connectivity index (χ2v) is 4.60. The molecule has 0 aliphatic heterocycles. The van der Waals surface area contributed by atoms with Gasteiger partial charge in [0.1, 0.15) is 11.9 Å². The zero-order valence-electron chi connectivity index (χ0n) is 11.4. The first-order chi connectivity index (χ1) is 9.47. The second kappa shape index (κ2) is 7.29. The van der Waals surface area contributed by atoms with E-state index in [1.165, 1.54) is 18.2 Å². The maximum absolute atomic E-state index is 13.5. The van der Waals surface area contributed by atoms with Crippen molar-refractivity contribution in [1.82, 2.24) is 10.6 Å². The summed E-state index contributed by atoms with van der Waals surface area (Å²) in [5, 5.41) is 5.02. The fraction of sp³-hybridized carbons (Fsp3) is 0.333. The molecule has 20 heavy (non-hydrogen) atoms. The molecule has 1 atom stereocenters. The van der Waals surface area contributed by atoms with Gasteiger partial charge in [0.05, 0.1) is 12.1 Å². The third-order valence-electron chi connectivity index (χ3n) is 2.72. The van der Waals surface area contributed by atoms with E-state index in [4.69, 9.17) is 6.42 Å². The Hall–Kier alpha value is -2.35. The predicted octanol–water partition coefficient (Wildman–Crippen LogP) is 1.33. The molecule has 0 aromatic heterocycles. The van der Waals surface area contributed by atoms with Crippen molar-refractivity contribution in [3.05, 3.63) is 35.6 Å². The van der Waals surface area contributed by atoms with E-state index >= 15 is 0 Å². The van der Waals surface area contributed by atoms with Gasteiger partial charge in [-0.3, -0.25) is 9.59 Å². The standard InChI is InChI=1S/C15H17FN2O2/c1-4-9-17-15(20)13(10(2)3)18-14(19)11-7-5-6-8-12(11)16/h1,5-8,10,13H,9H2,2-3H3,(H,17,20)(H,18,19)/t13-/m1/s1. The number of hydrogen-bond donors (Lipinski definition) is 2. The van der Waals surface area contributed by atoms with Crippen LogP contribution in [0.15, 0.2) is 24.3 Å². The predicted molar refractivity (Wildman–Crippen MR) is 74.3 cm³/mol. The minimum atomic E-state index is -0.768. The Bertz CT molecular complexity index is 535. The van der Waals surface area contributed by atoms with Crippen LogP contribution < -0.4 is 10.6 Å². The molecule has 0 fully saturated rings. The molecule has 0 heterocycles. The minimum Gasteiger partial charge on any atom is -0.343 e. The molecule has 0 aliphatic rings. The molecule has 0 unspecified atom stereocenters. The van der Waals surface area contributed by atoms with E-state index in [1.54, 1.807) is 19.9 Å².